The summed E-state index contributed by atoms with van der Waals surface area (Å²) in [7, 11) is 1.64. The fourth-order valence-corrected chi connectivity index (χ4v) is 2.51. The fraction of sp³-hybridized carbons (Fsp3) is 0.308. The van der Waals surface area contributed by atoms with Crippen LogP contribution in [0.25, 0.3) is 0 Å². The molecule has 0 radical (unpaired) electrons. The van der Waals surface area contributed by atoms with E-state index in [1.54, 1.807) is 18.0 Å². The number of rotatable bonds is 4. The van der Waals surface area contributed by atoms with Crippen molar-refractivity contribution in [2.75, 3.05) is 7.11 Å². The number of H-pyrrole nitrogens is 1. The number of nitrogens with one attached hydrogen (secondary N) is 1. The standard InChI is InChI=1S/C13H13BrN4OS/c1-19-11-5-4-10(14)6-9(11)7-15-18-12(8-2-3-8)16-17-13(18)20/h4-8H,2-3H2,1H3,(H,17,20)/b15-7-. The highest BCUT2D eigenvalue weighted by atomic mass is 79.9. The molecule has 0 bridgehead atoms. The molecule has 0 unspecified atom stereocenters. The molecule has 1 aromatic heterocycles. The van der Waals surface area contributed by atoms with Crippen LogP contribution in [0.3, 0.4) is 0 Å². The summed E-state index contributed by atoms with van der Waals surface area (Å²) < 4.78 is 8.49. The van der Waals surface area contributed by atoms with Crippen molar-refractivity contribution in [1.82, 2.24) is 14.9 Å². The van der Waals surface area contributed by atoms with E-state index in [0.717, 1.165) is 34.5 Å². The highest BCUT2D eigenvalue weighted by Crippen LogP contribution is 2.38. The van der Waals surface area contributed by atoms with Crippen molar-refractivity contribution >= 4 is 34.4 Å². The van der Waals surface area contributed by atoms with Gasteiger partial charge in [-0.15, -0.1) is 0 Å². The average Bonchev–Trinajstić information content (AvgIpc) is 3.21. The Labute approximate surface area is 129 Å². The highest BCUT2D eigenvalue weighted by Gasteiger charge is 2.29. The molecule has 2 aromatic rings. The quantitative estimate of drug-likeness (QED) is 0.676. The van der Waals surface area contributed by atoms with Gasteiger partial charge in [-0.05, 0) is 43.3 Å². The van der Waals surface area contributed by atoms with Gasteiger partial charge in [-0.3, -0.25) is 5.10 Å². The zero-order chi connectivity index (χ0) is 14.1. The number of nitrogens with zero attached hydrogens (tertiary/aromatic N) is 3. The monoisotopic (exact) mass is 352 g/mol. The molecule has 1 aromatic carbocycles. The predicted molar refractivity (Wildman–Crippen MR) is 83.1 cm³/mol. The lowest BCUT2D eigenvalue weighted by molar-refractivity contribution is 0.414. The van der Waals surface area contributed by atoms with Gasteiger partial charge in [-0.2, -0.15) is 14.9 Å². The van der Waals surface area contributed by atoms with Crippen LogP contribution in [0.15, 0.2) is 27.8 Å². The molecule has 1 fully saturated rings. The van der Waals surface area contributed by atoms with Crippen molar-refractivity contribution in [2.45, 2.75) is 18.8 Å². The first kappa shape index (κ1) is 13.5. The third kappa shape index (κ3) is 2.69. The molecule has 1 saturated carbocycles. The number of halogens is 1. The Balaban J connectivity index is 1.96. The van der Waals surface area contributed by atoms with E-state index in [-0.39, 0.29) is 0 Å². The number of methoxy groups -OCH3 is 1. The molecule has 1 heterocycles. The van der Waals surface area contributed by atoms with Crippen LogP contribution in [-0.4, -0.2) is 28.2 Å². The van der Waals surface area contributed by atoms with Crippen LogP contribution >= 0.6 is 28.1 Å². The molecule has 1 N–H and O–H groups in total. The molecule has 0 aliphatic heterocycles. The van der Waals surface area contributed by atoms with Crippen molar-refractivity contribution in [2.24, 2.45) is 5.10 Å². The molecule has 1 aliphatic rings. The summed E-state index contributed by atoms with van der Waals surface area (Å²) in [6.07, 6.45) is 4.03. The molecular formula is C13H13BrN4OS. The van der Waals surface area contributed by atoms with Gasteiger partial charge in [0.2, 0.25) is 4.77 Å². The molecule has 0 spiro atoms. The van der Waals surface area contributed by atoms with Gasteiger partial charge < -0.3 is 4.74 Å². The number of hydrogen-bond donors (Lipinski definition) is 1. The molecule has 20 heavy (non-hydrogen) atoms. The van der Waals surface area contributed by atoms with Crippen molar-refractivity contribution in [3.8, 4) is 5.75 Å². The van der Waals surface area contributed by atoms with Crippen LogP contribution in [0.4, 0.5) is 0 Å². The summed E-state index contributed by atoms with van der Waals surface area (Å²) in [5, 5.41) is 11.5. The topological polar surface area (TPSA) is 55.2 Å². The molecular weight excluding hydrogens is 340 g/mol. The molecule has 104 valence electrons. The van der Waals surface area contributed by atoms with Crippen molar-refractivity contribution in [3.63, 3.8) is 0 Å². The second-order valence-corrected chi connectivity index (χ2v) is 5.91. The number of aromatic nitrogens is 3. The lowest BCUT2D eigenvalue weighted by Gasteiger charge is -2.04. The van der Waals surface area contributed by atoms with Crippen molar-refractivity contribution in [3.05, 3.63) is 38.8 Å². The predicted octanol–water partition coefficient (Wildman–Crippen LogP) is 3.47. The van der Waals surface area contributed by atoms with E-state index >= 15 is 0 Å². The molecule has 0 saturated heterocycles. The maximum Gasteiger partial charge on any atom is 0.216 e. The van der Waals surface area contributed by atoms with Gasteiger partial charge in [0.05, 0.1) is 13.3 Å². The summed E-state index contributed by atoms with van der Waals surface area (Å²) in [5.41, 5.74) is 0.881. The second kappa shape index (κ2) is 5.49. The van der Waals surface area contributed by atoms with E-state index in [1.165, 1.54) is 0 Å². The normalized spacial score (nSPS) is 14.9. The molecule has 0 atom stereocenters. The van der Waals surface area contributed by atoms with Gasteiger partial charge in [-0.25, -0.2) is 0 Å². The zero-order valence-corrected chi connectivity index (χ0v) is 13.2. The fourth-order valence-electron chi connectivity index (χ4n) is 1.95. The van der Waals surface area contributed by atoms with E-state index in [2.05, 4.69) is 31.2 Å². The van der Waals surface area contributed by atoms with Gasteiger partial charge in [0.25, 0.3) is 0 Å². The third-order valence-corrected chi connectivity index (χ3v) is 3.88. The molecule has 5 nitrogen and oxygen atoms in total. The van der Waals surface area contributed by atoms with Gasteiger partial charge >= 0.3 is 0 Å². The Kier molecular flexibility index (Phi) is 3.71. The van der Waals surface area contributed by atoms with E-state index in [0.29, 0.717) is 10.7 Å². The van der Waals surface area contributed by atoms with Crippen LogP contribution in [0.2, 0.25) is 0 Å². The number of benzene rings is 1. The van der Waals surface area contributed by atoms with Crippen LogP contribution < -0.4 is 4.74 Å². The van der Waals surface area contributed by atoms with Crippen LogP contribution in [-0.2, 0) is 0 Å². The maximum absolute atomic E-state index is 5.32. The van der Waals surface area contributed by atoms with E-state index in [4.69, 9.17) is 17.0 Å². The number of ether oxygens (including phenoxy) is 1. The summed E-state index contributed by atoms with van der Waals surface area (Å²) in [6.45, 7) is 0. The summed E-state index contributed by atoms with van der Waals surface area (Å²) >= 11 is 8.66. The second-order valence-electron chi connectivity index (χ2n) is 4.60. The highest BCUT2D eigenvalue weighted by molar-refractivity contribution is 9.10. The number of aromatic amines is 1. The van der Waals surface area contributed by atoms with Gasteiger partial charge in [0.1, 0.15) is 5.75 Å². The Bertz CT molecular complexity index is 717. The first-order valence-electron chi connectivity index (χ1n) is 6.24. The third-order valence-electron chi connectivity index (χ3n) is 3.12. The Morgan fingerprint density at radius 1 is 1.55 bits per heavy atom. The molecule has 0 amide bonds. The minimum atomic E-state index is 0.476. The van der Waals surface area contributed by atoms with Crippen molar-refractivity contribution in [1.29, 1.82) is 0 Å². The van der Waals surface area contributed by atoms with Crippen LogP contribution in [0.1, 0.15) is 30.1 Å². The Morgan fingerprint density at radius 2 is 2.35 bits per heavy atom. The maximum atomic E-state index is 5.32. The average molecular weight is 353 g/mol. The summed E-state index contributed by atoms with van der Waals surface area (Å²) in [4.78, 5) is 0. The minimum Gasteiger partial charge on any atom is -0.496 e. The molecule has 3 rings (SSSR count). The van der Waals surface area contributed by atoms with Crippen molar-refractivity contribution < 1.29 is 4.74 Å². The van der Waals surface area contributed by atoms with Crippen LogP contribution in [0.5, 0.6) is 5.75 Å². The van der Waals surface area contributed by atoms with Gasteiger partial charge in [0, 0.05) is 16.0 Å². The minimum absolute atomic E-state index is 0.476. The van der Waals surface area contributed by atoms with E-state index < -0.39 is 0 Å². The first-order chi connectivity index (χ1) is 9.69. The van der Waals surface area contributed by atoms with Gasteiger partial charge in [-0.1, -0.05) is 15.9 Å². The largest absolute Gasteiger partial charge is 0.496 e. The molecule has 7 heteroatoms. The lowest BCUT2D eigenvalue weighted by atomic mass is 10.2. The summed E-state index contributed by atoms with van der Waals surface area (Å²) in [5.74, 6) is 2.14. The molecule has 1 aliphatic carbocycles. The smallest absolute Gasteiger partial charge is 0.216 e. The summed E-state index contributed by atoms with van der Waals surface area (Å²) in [6, 6.07) is 5.76. The number of hydrogen-bond acceptors (Lipinski definition) is 4. The Morgan fingerprint density at radius 3 is 3.05 bits per heavy atom. The van der Waals surface area contributed by atoms with Crippen LogP contribution in [0, 0.1) is 4.77 Å². The lowest BCUT2D eigenvalue weighted by Crippen LogP contribution is -1.98. The van der Waals surface area contributed by atoms with E-state index in [9.17, 15) is 0 Å². The van der Waals surface area contributed by atoms with Gasteiger partial charge in [0.15, 0.2) is 5.82 Å². The first-order valence-corrected chi connectivity index (χ1v) is 7.44. The zero-order valence-electron chi connectivity index (χ0n) is 10.8. The SMILES string of the molecule is COc1ccc(Br)cc1/C=N\n1c(C2CC2)n[nH]c1=S. The van der Waals surface area contributed by atoms with E-state index in [1.807, 2.05) is 18.2 Å². The Hall–Kier alpha value is -1.47.